The summed E-state index contributed by atoms with van der Waals surface area (Å²) in [5, 5.41) is 0. The van der Waals surface area contributed by atoms with Crippen molar-refractivity contribution < 1.29 is 14.3 Å². The number of benzene rings is 2. The lowest BCUT2D eigenvalue weighted by Crippen LogP contribution is -2.34. The fraction of sp³-hybridized carbons (Fsp3) is 0.333. The van der Waals surface area contributed by atoms with Crippen molar-refractivity contribution in [2.45, 2.75) is 25.8 Å². The van der Waals surface area contributed by atoms with Gasteiger partial charge in [0, 0.05) is 6.54 Å². The first-order valence-corrected chi connectivity index (χ1v) is 9.35. The average Bonchev–Trinajstić information content (AvgIpc) is 3.34. The highest BCUT2D eigenvalue weighted by atomic mass is 16.5. The van der Waals surface area contributed by atoms with Crippen molar-refractivity contribution in [2.24, 2.45) is 0 Å². The van der Waals surface area contributed by atoms with E-state index < -0.39 is 0 Å². The third kappa shape index (κ3) is 3.60. The molecule has 3 aromatic rings. The number of nitrogens with one attached hydrogen (secondary N) is 1. The summed E-state index contributed by atoms with van der Waals surface area (Å²) in [5.41, 5.74) is 1.92. The van der Waals surface area contributed by atoms with E-state index >= 15 is 0 Å². The topological polar surface area (TPSA) is 67.5 Å². The summed E-state index contributed by atoms with van der Waals surface area (Å²) >= 11 is 0. The molecule has 1 amide bonds. The number of aromatic nitrogens is 2. The monoisotopic (exact) mass is 365 g/mol. The Bertz CT molecular complexity index is 904. The highest BCUT2D eigenvalue weighted by Gasteiger charge is 2.32. The summed E-state index contributed by atoms with van der Waals surface area (Å²) in [6.07, 6.45) is 1.87. The summed E-state index contributed by atoms with van der Waals surface area (Å²) in [6, 6.07) is 15.3. The number of amides is 1. The first kappa shape index (κ1) is 17.4. The summed E-state index contributed by atoms with van der Waals surface area (Å²) in [7, 11) is 0. The Labute approximate surface area is 158 Å². The lowest BCUT2D eigenvalue weighted by molar-refractivity contribution is -0.134. The molecule has 6 heteroatoms. The molecular weight excluding hydrogens is 342 g/mol. The molecule has 1 atom stereocenters. The van der Waals surface area contributed by atoms with Crippen LogP contribution in [0.4, 0.5) is 0 Å². The number of H-pyrrole nitrogens is 1. The van der Waals surface area contributed by atoms with Crippen molar-refractivity contribution in [2.75, 3.05) is 19.8 Å². The molecule has 1 fully saturated rings. The van der Waals surface area contributed by atoms with Crippen LogP contribution in [-0.4, -0.2) is 40.5 Å². The lowest BCUT2D eigenvalue weighted by atomic mass is 10.2. The fourth-order valence-electron chi connectivity index (χ4n) is 3.55. The molecule has 4 rings (SSSR count). The molecule has 140 valence electrons. The van der Waals surface area contributed by atoms with E-state index in [1.807, 2.05) is 60.4 Å². The molecule has 1 aliphatic rings. The number of nitrogens with zero attached hydrogens (tertiary/aromatic N) is 2. The van der Waals surface area contributed by atoms with Gasteiger partial charge in [-0.1, -0.05) is 24.3 Å². The first-order chi connectivity index (χ1) is 13.3. The van der Waals surface area contributed by atoms with Crippen molar-refractivity contribution in [3.05, 3.63) is 54.4 Å². The highest BCUT2D eigenvalue weighted by molar-refractivity contribution is 5.79. The maximum Gasteiger partial charge on any atom is 0.261 e. The number of likely N-dealkylation sites (tertiary alicyclic amines) is 1. The summed E-state index contributed by atoms with van der Waals surface area (Å²) in [4.78, 5) is 22.7. The second kappa shape index (κ2) is 7.70. The van der Waals surface area contributed by atoms with Crippen LogP contribution in [0.5, 0.6) is 11.5 Å². The summed E-state index contributed by atoms with van der Waals surface area (Å²) in [5.74, 6) is 2.05. The van der Waals surface area contributed by atoms with Gasteiger partial charge in [-0.25, -0.2) is 4.98 Å². The molecular formula is C21H23N3O3. The minimum absolute atomic E-state index is 0.0131. The number of carbonyl (C=O) groups excluding carboxylic acids is 1. The number of hydrogen-bond donors (Lipinski definition) is 1. The molecule has 0 spiro atoms. The van der Waals surface area contributed by atoms with Crippen LogP contribution < -0.4 is 9.47 Å². The van der Waals surface area contributed by atoms with Gasteiger partial charge >= 0.3 is 0 Å². The number of rotatable bonds is 6. The Morgan fingerprint density at radius 1 is 1.15 bits per heavy atom. The SMILES string of the molecule is CCOc1ccccc1OCC(=O)N1CCC[C@H]1c1nc2ccccc2[nH]1. The van der Waals surface area contributed by atoms with Crippen LogP contribution in [0.2, 0.25) is 0 Å². The van der Waals surface area contributed by atoms with Crippen LogP contribution in [0.1, 0.15) is 31.6 Å². The molecule has 0 aliphatic carbocycles. The van der Waals surface area contributed by atoms with Gasteiger partial charge in [0.2, 0.25) is 0 Å². The Hall–Kier alpha value is -3.02. The maximum atomic E-state index is 12.8. The molecule has 0 bridgehead atoms. The number of hydrogen-bond acceptors (Lipinski definition) is 4. The van der Waals surface area contributed by atoms with Gasteiger partial charge < -0.3 is 19.4 Å². The minimum Gasteiger partial charge on any atom is -0.490 e. The van der Waals surface area contributed by atoms with E-state index in [1.165, 1.54) is 0 Å². The molecule has 0 unspecified atom stereocenters. The smallest absolute Gasteiger partial charge is 0.261 e. The molecule has 0 radical (unpaired) electrons. The van der Waals surface area contributed by atoms with Crippen molar-refractivity contribution >= 4 is 16.9 Å². The van der Waals surface area contributed by atoms with E-state index in [-0.39, 0.29) is 18.6 Å². The number of fused-ring (bicyclic) bond motifs is 1. The van der Waals surface area contributed by atoms with Gasteiger partial charge in [-0.05, 0) is 44.0 Å². The second-order valence-electron chi connectivity index (χ2n) is 6.55. The van der Waals surface area contributed by atoms with Gasteiger partial charge in [0.15, 0.2) is 18.1 Å². The molecule has 6 nitrogen and oxygen atoms in total. The lowest BCUT2D eigenvalue weighted by Gasteiger charge is -2.23. The van der Waals surface area contributed by atoms with Crippen LogP contribution in [0.3, 0.4) is 0 Å². The molecule has 2 heterocycles. The zero-order valence-corrected chi connectivity index (χ0v) is 15.4. The van der Waals surface area contributed by atoms with Crippen molar-refractivity contribution in [3.8, 4) is 11.5 Å². The predicted molar refractivity (Wildman–Crippen MR) is 103 cm³/mol. The number of aromatic amines is 1. The van der Waals surface area contributed by atoms with Crippen LogP contribution in [-0.2, 0) is 4.79 Å². The minimum atomic E-state index is -0.0377. The zero-order chi connectivity index (χ0) is 18.6. The molecule has 1 aliphatic heterocycles. The van der Waals surface area contributed by atoms with Crippen LogP contribution in [0.25, 0.3) is 11.0 Å². The number of carbonyl (C=O) groups is 1. The highest BCUT2D eigenvalue weighted by Crippen LogP contribution is 2.32. The maximum absolute atomic E-state index is 12.8. The van der Waals surface area contributed by atoms with Crippen molar-refractivity contribution in [3.63, 3.8) is 0 Å². The van der Waals surface area contributed by atoms with Gasteiger partial charge in [0.1, 0.15) is 5.82 Å². The normalized spacial score (nSPS) is 16.6. The molecule has 27 heavy (non-hydrogen) atoms. The Balaban J connectivity index is 1.46. The van der Waals surface area contributed by atoms with Crippen LogP contribution >= 0.6 is 0 Å². The quantitative estimate of drug-likeness (QED) is 0.723. The number of para-hydroxylation sites is 4. The van der Waals surface area contributed by atoms with Crippen molar-refractivity contribution in [1.29, 1.82) is 0 Å². The average molecular weight is 365 g/mol. The molecule has 0 saturated carbocycles. The third-order valence-electron chi connectivity index (χ3n) is 4.80. The van der Waals surface area contributed by atoms with E-state index in [2.05, 4.69) is 9.97 Å². The van der Waals surface area contributed by atoms with Crippen LogP contribution in [0.15, 0.2) is 48.5 Å². The standard InChI is InChI=1S/C21H23N3O3/c1-2-26-18-11-5-6-12-19(18)27-14-20(25)24-13-7-10-17(24)21-22-15-8-3-4-9-16(15)23-21/h3-6,8-9,11-12,17H,2,7,10,13-14H2,1H3,(H,22,23)/t17-/m0/s1. The Morgan fingerprint density at radius 3 is 2.67 bits per heavy atom. The van der Waals surface area contributed by atoms with E-state index in [4.69, 9.17) is 9.47 Å². The van der Waals surface area contributed by atoms with Gasteiger partial charge in [0.05, 0.1) is 23.7 Å². The molecule has 1 saturated heterocycles. The second-order valence-corrected chi connectivity index (χ2v) is 6.55. The molecule has 1 aromatic heterocycles. The van der Waals surface area contributed by atoms with Gasteiger partial charge in [-0.2, -0.15) is 0 Å². The van der Waals surface area contributed by atoms with E-state index in [0.29, 0.717) is 18.1 Å². The van der Waals surface area contributed by atoms with Gasteiger partial charge in [-0.15, -0.1) is 0 Å². The van der Waals surface area contributed by atoms with Crippen LogP contribution in [0, 0.1) is 0 Å². The zero-order valence-electron chi connectivity index (χ0n) is 15.4. The summed E-state index contributed by atoms with van der Waals surface area (Å²) in [6.45, 7) is 3.18. The summed E-state index contributed by atoms with van der Waals surface area (Å²) < 4.78 is 11.3. The first-order valence-electron chi connectivity index (χ1n) is 9.35. The van der Waals surface area contributed by atoms with E-state index in [9.17, 15) is 4.79 Å². The Morgan fingerprint density at radius 2 is 1.89 bits per heavy atom. The third-order valence-corrected chi connectivity index (χ3v) is 4.80. The van der Waals surface area contributed by atoms with Gasteiger partial charge in [0.25, 0.3) is 5.91 Å². The number of imidazole rings is 1. The number of ether oxygens (including phenoxy) is 2. The fourth-order valence-corrected chi connectivity index (χ4v) is 3.55. The predicted octanol–water partition coefficient (Wildman–Crippen LogP) is 3.70. The van der Waals surface area contributed by atoms with E-state index in [0.717, 1.165) is 36.2 Å². The molecule has 1 N–H and O–H groups in total. The Kier molecular flexibility index (Phi) is 4.96. The van der Waals surface area contributed by atoms with E-state index in [1.54, 1.807) is 0 Å². The largest absolute Gasteiger partial charge is 0.490 e. The van der Waals surface area contributed by atoms with Crippen molar-refractivity contribution in [1.82, 2.24) is 14.9 Å². The van der Waals surface area contributed by atoms with Gasteiger partial charge in [-0.3, -0.25) is 4.79 Å². The molecule has 2 aromatic carbocycles.